The van der Waals surface area contributed by atoms with Gasteiger partial charge in [0.15, 0.2) is 0 Å². The largest absolute Gasteiger partial charge is 0.497 e. The van der Waals surface area contributed by atoms with Crippen molar-refractivity contribution >= 4 is 15.7 Å². The number of hydrogen-bond acceptors (Lipinski definition) is 3. The maximum absolute atomic E-state index is 12.6. The minimum Gasteiger partial charge on any atom is -0.497 e. The predicted octanol–water partition coefficient (Wildman–Crippen LogP) is 3.90. The van der Waals surface area contributed by atoms with Crippen molar-refractivity contribution in [3.63, 3.8) is 0 Å². The number of benzene rings is 3. The molecule has 0 radical (unpaired) electrons. The van der Waals surface area contributed by atoms with Gasteiger partial charge in [0.05, 0.1) is 17.7 Å². The van der Waals surface area contributed by atoms with Gasteiger partial charge in [0.25, 0.3) is 10.0 Å². The quantitative estimate of drug-likeness (QED) is 0.716. The van der Waals surface area contributed by atoms with Crippen LogP contribution < -0.4 is 9.46 Å². The zero-order valence-corrected chi connectivity index (χ0v) is 15.0. The summed E-state index contributed by atoms with van der Waals surface area (Å²) in [5.74, 6) is 6.66. The zero-order valence-electron chi connectivity index (χ0n) is 14.1. The van der Waals surface area contributed by atoms with Crippen LogP contribution in [0.1, 0.15) is 11.1 Å². The SMILES string of the molecule is COc1ccc(S(=O)(=O)Nc2ccccc2C#Cc2ccccc2)cc1. The maximum atomic E-state index is 12.6. The molecule has 0 aliphatic heterocycles. The van der Waals surface area contributed by atoms with Crippen molar-refractivity contribution in [1.82, 2.24) is 0 Å². The Labute approximate surface area is 153 Å². The first-order valence-electron chi connectivity index (χ1n) is 7.91. The number of anilines is 1. The van der Waals surface area contributed by atoms with Crippen molar-refractivity contribution in [2.75, 3.05) is 11.8 Å². The van der Waals surface area contributed by atoms with E-state index in [1.165, 1.54) is 19.2 Å². The van der Waals surface area contributed by atoms with Crippen molar-refractivity contribution in [1.29, 1.82) is 0 Å². The van der Waals surface area contributed by atoms with Gasteiger partial charge in [0.2, 0.25) is 0 Å². The fourth-order valence-corrected chi connectivity index (χ4v) is 3.38. The van der Waals surface area contributed by atoms with Crippen molar-refractivity contribution < 1.29 is 13.2 Å². The van der Waals surface area contributed by atoms with Gasteiger partial charge >= 0.3 is 0 Å². The molecule has 3 aromatic carbocycles. The normalized spacial score (nSPS) is 10.5. The molecule has 0 unspecified atom stereocenters. The lowest BCUT2D eigenvalue weighted by Crippen LogP contribution is -2.13. The molecule has 0 spiro atoms. The molecule has 0 atom stereocenters. The summed E-state index contributed by atoms with van der Waals surface area (Å²) >= 11 is 0. The number of methoxy groups -OCH3 is 1. The van der Waals surface area contributed by atoms with E-state index in [0.29, 0.717) is 17.0 Å². The first kappa shape index (κ1) is 17.6. The molecule has 0 bridgehead atoms. The van der Waals surface area contributed by atoms with Crippen LogP contribution in [0.2, 0.25) is 0 Å². The minimum absolute atomic E-state index is 0.157. The summed E-state index contributed by atoms with van der Waals surface area (Å²) < 4.78 is 32.9. The molecule has 0 aromatic heterocycles. The standard InChI is InChI=1S/C21H17NO3S/c1-25-19-13-15-20(16-14-19)26(23,24)22-21-10-6-5-9-18(21)12-11-17-7-3-2-4-8-17/h2-10,13-16,22H,1H3. The molecule has 1 N–H and O–H groups in total. The molecular formula is C21H17NO3S. The monoisotopic (exact) mass is 363 g/mol. The van der Waals surface area contributed by atoms with Gasteiger partial charge in [-0.05, 0) is 48.5 Å². The highest BCUT2D eigenvalue weighted by atomic mass is 32.2. The van der Waals surface area contributed by atoms with Gasteiger partial charge in [-0.3, -0.25) is 4.72 Å². The molecule has 26 heavy (non-hydrogen) atoms. The van der Waals surface area contributed by atoms with Gasteiger partial charge in [-0.2, -0.15) is 0 Å². The molecule has 5 heteroatoms. The van der Waals surface area contributed by atoms with Crippen LogP contribution in [-0.2, 0) is 10.0 Å². The molecule has 0 saturated carbocycles. The highest BCUT2D eigenvalue weighted by Crippen LogP contribution is 2.21. The summed E-state index contributed by atoms with van der Waals surface area (Å²) in [7, 11) is -2.19. The van der Waals surface area contributed by atoms with Gasteiger partial charge in [0, 0.05) is 11.1 Å². The Morgan fingerprint density at radius 2 is 1.46 bits per heavy atom. The van der Waals surface area contributed by atoms with Gasteiger partial charge < -0.3 is 4.74 Å². The third-order valence-electron chi connectivity index (χ3n) is 3.66. The fraction of sp³-hybridized carbons (Fsp3) is 0.0476. The Morgan fingerprint density at radius 3 is 2.15 bits per heavy atom. The highest BCUT2D eigenvalue weighted by Gasteiger charge is 2.15. The number of sulfonamides is 1. The molecule has 3 aromatic rings. The number of hydrogen-bond donors (Lipinski definition) is 1. The summed E-state index contributed by atoms with van der Waals surface area (Å²) in [6.07, 6.45) is 0. The van der Waals surface area contributed by atoms with E-state index < -0.39 is 10.0 Å². The molecule has 0 heterocycles. The predicted molar refractivity (Wildman–Crippen MR) is 103 cm³/mol. The Morgan fingerprint density at radius 1 is 0.808 bits per heavy atom. The Kier molecular flexibility index (Phi) is 5.26. The van der Waals surface area contributed by atoms with Crippen LogP contribution in [0.4, 0.5) is 5.69 Å². The molecule has 130 valence electrons. The van der Waals surface area contributed by atoms with Gasteiger partial charge in [0.1, 0.15) is 5.75 Å². The van der Waals surface area contributed by atoms with Crippen LogP contribution >= 0.6 is 0 Å². The van der Waals surface area contributed by atoms with E-state index in [9.17, 15) is 8.42 Å². The van der Waals surface area contributed by atoms with Crippen molar-refractivity contribution in [3.8, 4) is 17.6 Å². The van der Waals surface area contributed by atoms with Crippen molar-refractivity contribution in [2.45, 2.75) is 4.90 Å². The molecule has 3 rings (SSSR count). The third kappa shape index (κ3) is 4.24. The van der Waals surface area contributed by atoms with Crippen molar-refractivity contribution in [3.05, 3.63) is 90.0 Å². The van der Waals surface area contributed by atoms with Crippen LogP contribution in [0.25, 0.3) is 0 Å². The Hall–Kier alpha value is -3.23. The number of para-hydroxylation sites is 1. The second-order valence-corrected chi connectivity index (χ2v) is 7.13. The van der Waals surface area contributed by atoms with Crippen LogP contribution in [0, 0.1) is 11.8 Å². The Bertz CT molecular complexity index is 1050. The molecule has 0 aliphatic carbocycles. The summed E-state index contributed by atoms with van der Waals surface area (Å²) in [5, 5.41) is 0. The van der Waals surface area contributed by atoms with E-state index in [2.05, 4.69) is 16.6 Å². The first-order chi connectivity index (χ1) is 12.6. The van der Waals surface area contributed by atoms with E-state index in [4.69, 9.17) is 4.74 Å². The molecule has 0 saturated heterocycles. The van der Waals surface area contributed by atoms with E-state index in [0.717, 1.165) is 5.56 Å². The van der Waals surface area contributed by atoms with E-state index in [-0.39, 0.29) is 4.90 Å². The van der Waals surface area contributed by atoms with Crippen LogP contribution in [0.5, 0.6) is 5.75 Å². The molecule has 0 aliphatic rings. The molecule has 4 nitrogen and oxygen atoms in total. The van der Waals surface area contributed by atoms with Gasteiger partial charge in [-0.15, -0.1) is 0 Å². The molecular weight excluding hydrogens is 346 g/mol. The molecule has 0 fully saturated rings. The summed E-state index contributed by atoms with van der Waals surface area (Å²) in [4.78, 5) is 0.157. The maximum Gasteiger partial charge on any atom is 0.261 e. The number of rotatable bonds is 4. The van der Waals surface area contributed by atoms with Crippen LogP contribution in [-0.4, -0.2) is 15.5 Å². The second-order valence-electron chi connectivity index (χ2n) is 5.44. The summed E-state index contributed by atoms with van der Waals surface area (Å²) in [6, 6.07) is 22.8. The summed E-state index contributed by atoms with van der Waals surface area (Å²) in [6.45, 7) is 0. The highest BCUT2D eigenvalue weighted by molar-refractivity contribution is 7.92. The smallest absolute Gasteiger partial charge is 0.261 e. The topological polar surface area (TPSA) is 55.4 Å². The van der Waals surface area contributed by atoms with Crippen LogP contribution in [0.3, 0.4) is 0 Å². The lowest BCUT2D eigenvalue weighted by Gasteiger charge is -2.10. The molecule has 0 amide bonds. The first-order valence-corrected chi connectivity index (χ1v) is 9.40. The lowest BCUT2D eigenvalue weighted by molar-refractivity contribution is 0.414. The van der Waals surface area contributed by atoms with E-state index >= 15 is 0 Å². The fourth-order valence-electron chi connectivity index (χ4n) is 2.30. The summed E-state index contributed by atoms with van der Waals surface area (Å²) in [5.41, 5.74) is 1.90. The lowest BCUT2D eigenvalue weighted by atomic mass is 10.1. The minimum atomic E-state index is -3.72. The number of nitrogens with one attached hydrogen (secondary N) is 1. The zero-order chi connectivity index (χ0) is 18.4. The van der Waals surface area contributed by atoms with E-state index in [1.54, 1.807) is 30.3 Å². The average molecular weight is 363 g/mol. The average Bonchev–Trinajstić information content (AvgIpc) is 2.68. The number of ether oxygens (including phenoxy) is 1. The third-order valence-corrected chi connectivity index (χ3v) is 5.04. The Balaban J connectivity index is 1.89. The van der Waals surface area contributed by atoms with Crippen molar-refractivity contribution in [2.24, 2.45) is 0 Å². The van der Waals surface area contributed by atoms with Gasteiger partial charge in [-0.25, -0.2) is 8.42 Å². The van der Waals surface area contributed by atoms with E-state index in [1.807, 2.05) is 36.4 Å². The van der Waals surface area contributed by atoms with Crippen LogP contribution in [0.15, 0.2) is 83.8 Å². The second kappa shape index (κ2) is 7.77. The van der Waals surface area contributed by atoms with Gasteiger partial charge in [-0.1, -0.05) is 42.2 Å².